The molecule has 122 valence electrons. The van der Waals surface area contributed by atoms with Crippen molar-refractivity contribution in [2.45, 2.75) is 18.3 Å². The van der Waals surface area contributed by atoms with Crippen molar-refractivity contribution in [1.82, 2.24) is 14.8 Å². The average Bonchev–Trinajstić information content (AvgIpc) is 2.93. The van der Waals surface area contributed by atoms with Gasteiger partial charge in [0.2, 0.25) is 17.7 Å². The van der Waals surface area contributed by atoms with E-state index < -0.39 is 0 Å². The minimum absolute atomic E-state index is 0.0246. The Morgan fingerprint density at radius 3 is 2.91 bits per heavy atom. The van der Waals surface area contributed by atoms with Gasteiger partial charge < -0.3 is 14.5 Å². The molecular formula is C17H21N3O3. The quantitative estimate of drug-likeness (QED) is 0.780. The lowest BCUT2D eigenvalue weighted by atomic mass is 9.75. The van der Waals surface area contributed by atoms with Crippen molar-refractivity contribution in [2.75, 3.05) is 33.3 Å². The van der Waals surface area contributed by atoms with Crippen LogP contribution in [0.25, 0.3) is 0 Å². The van der Waals surface area contributed by atoms with Gasteiger partial charge in [-0.2, -0.15) is 0 Å². The summed E-state index contributed by atoms with van der Waals surface area (Å²) >= 11 is 0. The second kappa shape index (κ2) is 6.02. The predicted octanol–water partition coefficient (Wildman–Crippen LogP) is 0.979. The topological polar surface area (TPSA) is 62.7 Å². The van der Waals surface area contributed by atoms with Crippen LogP contribution in [0, 0.1) is 0 Å². The maximum Gasteiger partial charge on any atom is 0.246 e. The molecule has 0 unspecified atom stereocenters. The molecule has 2 aliphatic heterocycles. The second-order valence-electron chi connectivity index (χ2n) is 6.20. The lowest BCUT2D eigenvalue weighted by Gasteiger charge is -2.38. The standard InChI is InChI=1S/C17H21N3O3/c1-3-14(21)19(2)11-15(22)20-9-6-17(7-10-20)12-23-16-13(17)5-4-8-18-16/h3-5,8H,1,6-7,9-12H2,2H3. The van der Waals surface area contributed by atoms with Crippen molar-refractivity contribution in [3.8, 4) is 5.88 Å². The van der Waals surface area contributed by atoms with Gasteiger partial charge in [0.05, 0.1) is 13.2 Å². The van der Waals surface area contributed by atoms with E-state index in [2.05, 4.69) is 17.6 Å². The maximum absolute atomic E-state index is 12.3. The summed E-state index contributed by atoms with van der Waals surface area (Å²) in [4.78, 5) is 31.3. The van der Waals surface area contributed by atoms with Crippen LogP contribution in [0.15, 0.2) is 31.0 Å². The van der Waals surface area contributed by atoms with E-state index in [-0.39, 0.29) is 23.8 Å². The Kier molecular flexibility index (Phi) is 4.07. The normalized spacial score (nSPS) is 18.2. The van der Waals surface area contributed by atoms with Gasteiger partial charge in [0.15, 0.2) is 0 Å². The number of carbonyl (C=O) groups excluding carboxylic acids is 2. The molecule has 3 heterocycles. The van der Waals surface area contributed by atoms with E-state index >= 15 is 0 Å². The number of rotatable bonds is 3. The molecule has 0 bridgehead atoms. The highest BCUT2D eigenvalue weighted by Gasteiger charge is 2.44. The van der Waals surface area contributed by atoms with E-state index in [1.165, 1.54) is 11.0 Å². The minimum atomic E-state index is -0.240. The zero-order valence-corrected chi connectivity index (χ0v) is 13.3. The highest BCUT2D eigenvalue weighted by atomic mass is 16.5. The van der Waals surface area contributed by atoms with Crippen LogP contribution in [-0.4, -0.2) is 59.9 Å². The van der Waals surface area contributed by atoms with Crippen LogP contribution in [0.4, 0.5) is 0 Å². The monoisotopic (exact) mass is 315 g/mol. The van der Waals surface area contributed by atoms with Crippen molar-refractivity contribution >= 4 is 11.8 Å². The molecule has 1 fully saturated rings. The number of likely N-dealkylation sites (tertiary alicyclic amines) is 1. The van der Waals surface area contributed by atoms with Gasteiger partial charge in [-0.25, -0.2) is 4.98 Å². The number of hydrogen-bond donors (Lipinski definition) is 0. The number of nitrogens with zero attached hydrogens (tertiary/aromatic N) is 3. The molecule has 1 aromatic rings. The second-order valence-corrected chi connectivity index (χ2v) is 6.20. The largest absolute Gasteiger partial charge is 0.476 e. The highest BCUT2D eigenvalue weighted by Crippen LogP contribution is 2.44. The Hall–Kier alpha value is -2.37. The first-order valence-corrected chi connectivity index (χ1v) is 7.79. The van der Waals surface area contributed by atoms with E-state index in [1.54, 1.807) is 13.2 Å². The number of amides is 2. The van der Waals surface area contributed by atoms with Crippen molar-refractivity contribution in [1.29, 1.82) is 0 Å². The third-order valence-corrected chi connectivity index (χ3v) is 4.82. The van der Waals surface area contributed by atoms with E-state index in [9.17, 15) is 9.59 Å². The summed E-state index contributed by atoms with van der Waals surface area (Å²) in [5, 5.41) is 0. The van der Waals surface area contributed by atoms with Crippen molar-refractivity contribution < 1.29 is 14.3 Å². The minimum Gasteiger partial charge on any atom is -0.476 e. The SMILES string of the molecule is C=CC(=O)N(C)CC(=O)N1CCC2(CC1)COc1ncccc12. The Balaban J connectivity index is 1.62. The summed E-state index contributed by atoms with van der Waals surface area (Å²) < 4.78 is 5.72. The molecule has 0 N–H and O–H groups in total. The first kappa shape index (κ1) is 15.5. The molecule has 0 saturated carbocycles. The van der Waals surface area contributed by atoms with Crippen LogP contribution in [0.2, 0.25) is 0 Å². The summed E-state index contributed by atoms with van der Waals surface area (Å²) in [5.74, 6) is 0.461. The Bertz CT molecular complexity index is 636. The predicted molar refractivity (Wildman–Crippen MR) is 85.1 cm³/mol. The number of ether oxygens (including phenoxy) is 1. The van der Waals surface area contributed by atoms with E-state index in [0.29, 0.717) is 19.7 Å². The smallest absolute Gasteiger partial charge is 0.246 e. The average molecular weight is 315 g/mol. The summed E-state index contributed by atoms with van der Waals surface area (Å²) in [6.07, 6.45) is 4.67. The molecule has 1 spiro atoms. The Morgan fingerprint density at radius 1 is 1.48 bits per heavy atom. The molecule has 2 aliphatic rings. The first-order valence-electron chi connectivity index (χ1n) is 7.79. The van der Waals surface area contributed by atoms with Crippen LogP contribution in [-0.2, 0) is 15.0 Å². The number of hydrogen-bond acceptors (Lipinski definition) is 4. The number of carbonyl (C=O) groups is 2. The number of pyridine rings is 1. The van der Waals surface area contributed by atoms with Crippen molar-refractivity contribution in [3.05, 3.63) is 36.5 Å². The van der Waals surface area contributed by atoms with Crippen LogP contribution in [0.1, 0.15) is 18.4 Å². The van der Waals surface area contributed by atoms with Gasteiger partial charge in [-0.05, 0) is 25.0 Å². The molecule has 1 saturated heterocycles. The molecule has 2 amide bonds. The van der Waals surface area contributed by atoms with Gasteiger partial charge in [0.25, 0.3) is 0 Å². The van der Waals surface area contributed by atoms with E-state index in [1.807, 2.05) is 11.0 Å². The lowest BCUT2D eigenvalue weighted by Crippen LogP contribution is -2.48. The number of piperidine rings is 1. The summed E-state index contributed by atoms with van der Waals surface area (Å²) in [7, 11) is 1.61. The highest BCUT2D eigenvalue weighted by molar-refractivity contribution is 5.90. The fraction of sp³-hybridized carbons (Fsp3) is 0.471. The summed E-state index contributed by atoms with van der Waals surface area (Å²) in [5.41, 5.74) is 1.13. The molecule has 23 heavy (non-hydrogen) atoms. The summed E-state index contributed by atoms with van der Waals surface area (Å²) in [6.45, 7) is 5.51. The fourth-order valence-electron chi connectivity index (χ4n) is 3.33. The zero-order chi connectivity index (χ0) is 16.4. The van der Waals surface area contributed by atoms with Gasteiger partial charge >= 0.3 is 0 Å². The molecule has 0 atom stereocenters. The van der Waals surface area contributed by atoms with Crippen molar-refractivity contribution in [2.24, 2.45) is 0 Å². The number of likely N-dealkylation sites (N-methyl/N-ethyl adjacent to an activating group) is 1. The maximum atomic E-state index is 12.3. The van der Waals surface area contributed by atoms with E-state index in [0.717, 1.165) is 24.3 Å². The van der Waals surface area contributed by atoms with Gasteiger partial charge in [-0.1, -0.05) is 12.6 Å². The zero-order valence-electron chi connectivity index (χ0n) is 13.3. The molecule has 0 radical (unpaired) electrons. The summed E-state index contributed by atoms with van der Waals surface area (Å²) in [6, 6.07) is 4.01. The van der Waals surface area contributed by atoms with Gasteiger partial charge in [0.1, 0.15) is 0 Å². The van der Waals surface area contributed by atoms with Crippen LogP contribution in [0.5, 0.6) is 5.88 Å². The molecular weight excluding hydrogens is 294 g/mol. The number of aromatic nitrogens is 1. The van der Waals surface area contributed by atoms with E-state index in [4.69, 9.17) is 4.74 Å². The van der Waals surface area contributed by atoms with Crippen molar-refractivity contribution in [3.63, 3.8) is 0 Å². The van der Waals surface area contributed by atoms with Gasteiger partial charge in [0, 0.05) is 37.3 Å². The third-order valence-electron chi connectivity index (χ3n) is 4.82. The molecule has 6 nitrogen and oxygen atoms in total. The lowest BCUT2D eigenvalue weighted by molar-refractivity contribution is -0.138. The molecule has 1 aromatic heterocycles. The Morgan fingerprint density at radius 2 is 2.22 bits per heavy atom. The molecule has 0 aromatic carbocycles. The van der Waals surface area contributed by atoms with Crippen LogP contribution < -0.4 is 4.74 Å². The first-order chi connectivity index (χ1) is 11.1. The molecule has 0 aliphatic carbocycles. The van der Waals surface area contributed by atoms with Gasteiger partial charge in [-0.15, -0.1) is 0 Å². The molecule has 6 heteroatoms. The molecule has 3 rings (SSSR count). The third kappa shape index (κ3) is 2.81. The Labute approximate surface area is 135 Å². The van der Waals surface area contributed by atoms with Gasteiger partial charge in [-0.3, -0.25) is 9.59 Å². The van der Waals surface area contributed by atoms with Crippen LogP contribution in [0.3, 0.4) is 0 Å². The number of fused-ring (bicyclic) bond motifs is 2. The van der Waals surface area contributed by atoms with Crippen LogP contribution >= 0.6 is 0 Å². The fourth-order valence-corrected chi connectivity index (χ4v) is 3.33.